The Hall–Kier alpha value is -4.37. The van der Waals surface area contributed by atoms with Gasteiger partial charge in [-0.3, -0.25) is 4.79 Å². The molecule has 1 saturated carbocycles. The molecule has 0 spiro atoms. The third kappa shape index (κ3) is 6.19. The van der Waals surface area contributed by atoms with E-state index < -0.39 is 22.8 Å². The Morgan fingerprint density at radius 2 is 1.72 bits per heavy atom. The molecule has 3 N–H and O–H groups in total. The Balaban J connectivity index is 1.43. The van der Waals surface area contributed by atoms with Crippen LogP contribution in [0.3, 0.4) is 0 Å². The Morgan fingerprint density at radius 3 is 2.39 bits per heavy atom. The van der Waals surface area contributed by atoms with Crippen LogP contribution in [0.25, 0.3) is 0 Å². The van der Waals surface area contributed by atoms with E-state index in [4.69, 9.17) is 16.3 Å². The first-order chi connectivity index (χ1) is 17.1. The highest BCUT2D eigenvalue weighted by atomic mass is 35.5. The van der Waals surface area contributed by atoms with Crippen molar-refractivity contribution in [3.05, 3.63) is 64.9 Å². The van der Waals surface area contributed by atoms with E-state index in [-0.39, 0.29) is 46.2 Å². The van der Waals surface area contributed by atoms with Gasteiger partial charge < -0.3 is 20.7 Å². The molecule has 3 aromatic rings. The number of hydrogen-bond donors (Lipinski definition) is 3. The van der Waals surface area contributed by atoms with Crippen molar-refractivity contribution >= 4 is 40.7 Å². The highest BCUT2D eigenvalue weighted by molar-refractivity contribution is 6.31. The van der Waals surface area contributed by atoms with Crippen LogP contribution in [0.1, 0.15) is 24.0 Å². The lowest BCUT2D eigenvalue weighted by atomic mass is 10.2. The van der Waals surface area contributed by atoms with Crippen molar-refractivity contribution in [1.82, 2.24) is 9.97 Å². The van der Waals surface area contributed by atoms with Crippen LogP contribution in [-0.4, -0.2) is 21.9 Å². The third-order valence-corrected chi connectivity index (χ3v) is 5.27. The predicted molar refractivity (Wildman–Crippen MR) is 124 cm³/mol. The number of anilines is 3. The molecular formula is C23H16ClF3N6O3. The van der Waals surface area contributed by atoms with E-state index in [2.05, 4.69) is 25.9 Å². The molecule has 0 saturated heterocycles. The van der Waals surface area contributed by atoms with Gasteiger partial charge in [-0.2, -0.15) is 18.4 Å². The first kappa shape index (κ1) is 24.7. The Kier molecular flexibility index (Phi) is 6.93. The van der Waals surface area contributed by atoms with E-state index in [0.29, 0.717) is 6.07 Å². The predicted octanol–water partition coefficient (Wildman–Crippen LogP) is 5.81. The molecule has 1 fully saturated rings. The maximum atomic E-state index is 13.0. The number of urea groups is 1. The number of carbonyl (C=O) groups excluding carboxylic acids is 2. The molecule has 0 unspecified atom stereocenters. The number of amides is 3. The van der Waals surface area contributed by atoms with Crippen LogP contribution in [0.15, 0.2) is 48.8 Å². The highest BCUT2D eigenvalue weighted by Gasteiger charge is 2.33. The van der Waals surface area contributed by atoms with Crippen molar-refractivity contribution in [3.8, 4) is 17.7 Å². The number of ether oxygens (including phenoxy) is 1. The molecule has 1 aromatic heterocycles. The summed E-state index contributed by atoms with van der Waals surface area (Å²) < 4.78 is 44.7. The number of benzene rings is 2. The Morgan fingerprint density at radius 1 is 1.03 bits per heavy atom. The van der Waals surface area contributed by atoms with Crippen LogP contribution >= 0.6 is 11.6 Å². The lowest BCUT2D eigenvalue weighted by molar-refractivity contribution is -0.137. The van der Waals surface area contributed by atoms with Gasteiger partial charge >= 0.3 is 12.2 Å². The van der Waals surface area contributed by atoms with Crippen LogP contribution in [0.2, 0.25) is 5.02 Å². The molecule has 13 heteroatoms. The lowest BCUT2D eigenvalue weighted by Gasteiger charge is -2.13. The summed E-state index contributed by atoms with van der Waals surface area (Å²) >= 11 is 5.58. The minimum atomic E-state index is -4.68. The monoisotopic (exact) mass is 516 g/mol. The molecule has 184 valence electrons. The number of aromatic nitrogens is 2. The van der Waals surface area contributed by atoms with Crippen LogP contribution in [0.5, 0.6) is 11.6 Å². The minimum absolute atomic E-state index is 0.0156. The summed E-state index contributed by atoms with van der Waals surface area (Å²) in [5.41, 5.74) is -0.990. The summed E-state index contributed by atoms with van der Waals surface area (Å²) in [4.78, 5) is 32.1. The number of carbonyl (C=O) groups is 2. The van der Waals surface area contributed by atoms with E-state index in [1.165, 1.54) is 36.7 Å². The normalized spacial score (nSPS) is 12.9. The maximum Gasteiger partial charge on any atom is 0.417 e. The quantitative estimate of drug-likeness (QED) is 0.379. The smallest absolute Gasteiger partial charge is 0.417 e. The summed E-state index contributed by atoms with van der Waals surface area (Å²) in [7, 11) is 0. The summed E-state index contributed by atoms with van der Waals surface area (Å²) in [6.07, 6.45) is -1.82. The number of halogens is 4. The van der Waals surface area contributed by atoms with E-state index in [0.717, 1.165) is 18.9 Å². The van der Waals surface area contributed by atoms with Gasteiger partial charge in [-0.25, -0.2) is 14.8 Å². The van der Waals surface area contributed by atoms with Gasteiger partial charge in [0, 0.05) is 23.4 Å². The van der Waals surface area contributed by atoms with Gasteiger partial charge in [-0.15, -0.1) is 0 Å². The Labute approximate surface area is 207 Å². The molecule has 0 radical (unpaired) electrons. The molecule has 36 heavy (non-hydrogen) atoms. The second-order valence-electron chi connectivity index (χ2n) is 7.70. The van der Waals surface area contributed by atoms with Gasteiger partial charge in [0.2, 0.25) is 11.8 Å². The number of hydrogen-bond acceptors (Lipinski definition) is 6. The summed E-state index contributed by atoms with van der Waals surface area (Å²) in [5, 5.41) is 16.4. The van der Waals surface area contributed by atoms with Crippen molar-refractivity contribution in [1.29, 1.82) is 5.26 Å². The largest absolute Gasteiger partial charge is 0.437 e. The molecular weight excluding hydrogens is 501 g/mol. The highest BCUT2D eigenvalue weighted by Crippen LogP contribution is 2.36. The van der Waals surface area contributed by atoms with Gasteiger partial charge in [0.05, 0.1) is 16.1 Å². The third-order valence-electron chi connectivity index (χ3n) is 4.94. The summed E-state index contributed by atoms with van der Waals surface area (Å²) in [6.45, 7) is 0. The number of nitrogens with one attached hydrogen (secondary N) is 3. The molecule has 0 atom stereocenters. The van der Waals surface area contributed by atoms with Crippen LogP contribution < -0.4 is 20.7 Å². The molecule has 1 heterocycles. The number of alkyl halides is 3. The molecule has 9 nitrogen and oxygen atoms in total. The fourth-order valence-corrected chi connectivity index (χ4v) is 3.27. The van der Waals surface area contributed by atoms with Crippen molar-refractivity contribution < 1.29 is 27.5 Å². The van der Waals surface area contributed by atoms with Gasteiger partial charge in [-0.1, -0.05) is 11.6 Å². The van der Waals surface area contributed by atoms with Gasteiger partial charge in [0.25, 0.3) is 0 Å². The zero-order chi connectivity index (χ0) is 25.9. The SMILES string of the molecule is N#Cc1cc(NC(=O)Nc2ccc(Cl)c(C(F)(F)F)c2)ccc1Oc1cc(NC(=O)C2CC2)ncn1. The van der Waals surface area contributed by atoms with Gasteiger partial charge in [-0.05, 0) is 49.2 Å². The first-order valence-corrected chi connectivity index (χ1v) is 10.8. The van der Waals surface area contributed by atoms with Crippen LogP contribution in [0, 0.1) is 17.2 Å². The summed E-state index contributed by atoms with van der Waals surface area (Å²) in [5.74, 6) is 0.294. The molecule has 1 aliphatic carbocycles. The fourth-order valence-electron chi connectivity index (χ4n) is 3.05. The average molecular weight is 517 g/mol. The van der Waals surface area contributed by atoms with Crippen molar-refractivity contribution in [3.63, 3.8) is 0 Å². The number of nitriles is 1. The number of nitrogens with zero attached hydrogens (tertiary/aromatic N) is 3. The molecule has 0 aliphatic heterocycles. The molecule has 1 aliphatic rings. The zero-order valence-electron chi connectivity index (χ0n) is 18.2. The van der Waals surface area contributed by atoms with Crippen molar-refractivity contribution in [2.75, 3.05) is 16.0 Å². The van der Waals surface area contributed by atoms with Crippen molar-refractivity contribution in [2.45, 2.75) is 19.0 Å². The van der Waals surface area contributed by atoms with E-state index in [1.807, 2.05) is 6.07 Å². The first-order valence-electron chi connectivity index (χ1n) is 10.4. The second kappa shape index (κ2) is 10.1. The average Bonchev–Trinajstić information content (AvgIpc) is 3.66. The maximum absolute atomic E-state index is 13.0. The van der Waals surface area contributed by atoms with Crippen LogP contribution in [-0.2, 0) is 11.0 Å². The standard InChI is InChI=1S/C23H16ClF3N6O3/c24-17-5-3-15(8-16(17)23(25,26)27)32-22(35)31-14-4-6-18(13(7-14)10-28)36-20-9-19(29-11-30-20)33-21(34)12-1-2-12/h3-9,11-12H,1-2H2,(H2,31,32,35)(H,29,30,33,34). The fraction of sp³-hybridized carbons (Fsp3) is 0.174. The van der Waals surface area contributed by atoms with Crippen molar-refractivity contribution in [2.24, 2.45) is 5.92 Å². The zero-order valence-corrected chi connectivity index (χ0v) is 18.9. The van der Waals surface area contributed by atoms with Crippen LogP contribution in [0.4, 0.5) is 35.2 Å². The topological polar surface area (TPSA) is 129 Å². The number of rotatable bonds is 6. The molecule has 3 amide bonds. The Bertz CT molecular complexity index is 1370. The van der Waals surface area contributed by atoms with E-state index in [9.17, 15) is 28.0 Å². The van der Waals surface area contributed by atoms with Gasteiger partial charge in [0.1, 0.15) is 24.0 Å². The molecule has 4 rings (SSSR count). The molecule has 2 aromatic carbocycles. The summed E-state index contributed by atoms with van der Waals surface area (Å²) in [6, 6.07) is 9.60. The minimum Gasteiger partial charge on any atom is -0.437 e. The van der Waals surface area contributed by atoms with E-state index >= 15 is 0 Å². The lowest BCUT2D eigenvalue weighted by Crippen LogP contribution is -2.20. The second-order valence-corrected chi connectivity index (χ2v) is 8.11. The van der Waals surface area contributed by atoms with E-state index in [1.54, 1.807) is 0 Å². The molecule has 0 bridgehead atoms. The van der Waals surface area contributed by atoms with Gasteiger partial charge in [0.15, 0.2) is 0 Å².